The Morgan fingerprint density at radius 1 is 1.50 bits per heavy atom. The lowest BCUT2D eigenvalue weighted by atomic mass is 10.0. The van der Waals surface area contributed by atoms with Crippen LogP contribution in [0.3, 0.4) is 0 Å². The van der Waals surface area contributed by atoms with Crippen LogP contribution < -0.4 is 0 Å². The maximum atomic E-state index is 11.4. The molecule has 4 nitrogen and oxygen atoms in total. The third-order valence-electron chi connectivity index (χ3n) is 2.67. The molecule has 0 aromatic heterocycles. The molecule has 2 N–H and O–H groups in total. The Morgan fingerprint density at radius 2 is 2.25 bits per heavy atom. The van der Waals surface area contributed by atoms with Crippen molar-refractivity contribution in [3.05, 3.63) is 12.2 Å². The molecular formula is C12H20O4. The van der Waals surface area contributed by atoms with Gasteiger partial charge in [0.2, 0.25) is 0 Å². The Morgan fingerprint density at radius 3 is 2.94 bits per heavy atom. The fraction of sp³-hybridized carbons (Fsp3) is 0.750. The molecule has 0 aromatic rings. The quantitative estimate of drug-likeness (QED) is 0.550. The molecular weight excluding hydrogens is 208 g/mol. The van der Waals surface area contributed by atoms with Crippen molar-refractivity contribution in [3.8, 4) is 0 Å². The highest BCUT2D eigenvalue weighted by Gasteiger charge is 2.27. The molecule has 92 valence electrons. The third kappa shape index (κ3) is 3.94. The summed E-state index contributed by atoms with van der Waals surface area (Å²) in [6, 6.07) is 0. The van der Waals surface area contributed by atoms with Crippen molar-refractivity contribution in [3.63, 3.8) is 0 Å². The van der Waals surface area contributed by atoms with E-state index in [-0.39, 0.29) is 5.97 Å². The van der Waals surface area contributed by atoms with Crippen LogP contribution in [-0.2, 0) is 9.53 Å². The zero-order valence-corrected chi connectivity index (χ0v) is 9.63. The summed E-state index contributed by atoms with van der Waals surface area (Å²) in [5.74, 6) is -0.292. The minimum atomic E-state index is -1.03. The van der Waals surface area contributed by atoms with Crippen LogP contribution >= 0.6 is 0 Å². The Bertz CT molecular complexity index is 249. The number of carbonyl (C=O) groups is 1. The van der Waals surface area contributed by atoms with Gasteiger partial charge in [-0.15, -0.1) is 0 Å². The zero-order valence-electron chi connectivity index (χ0n) is 9.63. The standard InChI is InChI=1S/C12H20O4/c1-2-6-10-12(15)9(13)7-4-3-5-8-11(14)16-10/h4,7,9-10,12-13,15H,2-3,5-6,8H2,1H3/t9-,10-,12+/m0/s1. The van der Waals surface area contributed by atoms with E-state index in [2.05, 4.69) is 0 Å². The molecule has 1 aliphatic rings. The van der Waals surface area contributed by atoms with E-state index in [1.807, 2.05) is 6.92 Å². The first kappa shape index (κ1) is 13.2. The van der Waals surface area contributed by atoms with Gasteiger partial charge < -0.3 is 14.9 Å². The Hall–Kier alpha value is -0.870. The monoisotopic (exact) mass is 228 g/mol. The van der Waals surface area contributed by atoms with E-state index in [0.29, 0.717) is 12.8 Å². The van der Waals surface area contributed by atoms with Crippen LogP contribution in [0.5, 0.6) is 0 Å². The Balaban J connectivity index is 2.72. The summed E-state index contributed by atoms with van der Waals surface area (Å²) in [5.41, 5.74) is 0. The summed E-state index contributed by atoms with van der Waals surface area (Å²) >= 11 is 0. The fourth-order valence-corrected chi connectivity index (χ4v) is 1.75. The van der Waals surface area contributed by atoms with Gasteiger partial charge in [-0.2, -0.15) is 0 Å². The number of hydrogen-bond acceptors (Lipinski definition) is 4. The van der Waals surface area contributed by atoms with E-state index in [1.165, 1.54) is 0 Å². The first-order valence-corrected chi connectivity index (χ1v) is 5.87. The van der Waals surface area contributed by atoms with Gasteiger partial charge in [0, 0.05) is 6.42 Å². The van der Waals surface area contributed by atoms with Crippen molar-refractivity contribution in [2.24, 2.45) is 0 Å². The molecule has 0 radical (unpaired) electrons. The molecule has 0 amide bonds. The van der Waals surface area contributed by atoms with Crippen LogP contribution in [0.4, 0.5) is 0 Å². The molecule has 0 aliphatic carbocycles. The van der Waals surface area contributed by atoms with Gasteiger partial charge in [0.25, 0.3) is 0 Å². The van der Waals surface area contributed by atoms with Gasteiger partial charge in [0.1, 0.15) is 18.3 Å². The molecule has 0 fully saturated rings. The SMILES string of the molecule is CCC[C@@H]1OC(=O)CCCC=C[C@H](O)[C@H]1O. The lowest BCUT2D eigenvalue weighted by molar-refractivity contribution is -0.159. The number of ether oxygens (including phenoxy) is 1. The molecule has 0 spiro atoms. The fourth-order valence-electron chi connectivity index (χ4n) is 1.75. The lowest BCUT2D eigenvalue weighted by Crippen LogP contribution is -2.39. The summed E-state index contributed by atoms with van der Waals surface area (Å²) in [4.78, 5) is 11.4. The number of carbonyl (C=O) groups excluding carboxylic acids is 1. The predicted octanol–water partition coefficient (Wildman–Crippen LogP) is 1.16. The van der Waals surface area contributed by atoms with Crippen molar-refractivity contribution in [2.75, 3.05) is 0 Å². The molecule has 0 saturated carbocycles. The summed E-state index contributed by atoms with van der Waals surface area (Å²) < 4.78 is 5.17. The molecule has 0 bridgehead atoms. The second kappa shape index (κ2) is 6.66. The second-order valence-electron chi connectivity index (χ2n) is 4.12. The van der Waals surface area contributed by atoms with Crippen molar-refractivity contribution in [1.29, 1.82) is 0 Å². The van der Waals surface area contributed by atoms with Gasteiger partial charge in [0.05, 0.1) is 0 Å². The van der Waals surface area contributed by atoms with E-state index >= 15 is 0 Å². The van der Waals surface area contributed by atoms with Gasteiger partial charge in [-0.25, -0.2) is 0 Å². The van der Waals surface area contributed by atoms with Crippen molar-refractivity contribution < 1.29 is 19.7 Å². The highest BCUT2D eigenvalue weighted by atomic mass is 16.6. The Kier molecular flexibility index (Phi) is 5.49. The maximum Gasteiger partial charge on any atom is 0.306 e. The van der Waals surface area contributed by atoms with E-state index in [0.717, 1.165) is 19.3 Å². The summed E-state index contributed by atoms with van der Waals surface area (Å²) in [7, 11) is 0. The minimum Gasteiger partial charge on any atom is -0.459 e. The first-order valence-electron chi connectivity index (χ1n) is 5.87. The number of allylic oxidation sites excluding steroid dienone is 1. The Labute approximate surface area is 95.9 Å². The van der Waals surface area contributed by atoms with Gasteiger partial charge in [-0.3, -0.25) is 4.79 Å². The van der Waals surface area contributed by atoms with Gasteiger partial charge in [0.15, 0.2) is 0 Å². The molecule has 0 aromatic carbocycles. The number of esters is 1. The lowest BCUT2D eigenvalue weighted by Gasteiger charge is -2.25. The number of aliphatic hydroxyl groups excluding tert-OH is 2. The zero-order chi connectivity index (χ0) is 12.0. The van der Waals surface area contributed by atoms with Crippen LogP contribution in [-0.4, -0.2) is 34.5 Å². The highest BCUT2D eigenvalue weighted by molar-refractivity contribution is 5.69. The molecule has 0 unspecified atom stereocenters. The maximum absolute atomic E-state index is 11.4. The molecule has 1 aliphatic heterocycles. The topological polar surface area (TPSA) is 66.8 Å². The van der Waals surface area contributed by atoms with Gasteiger partial charge in [-0.1, -0.05) is 25.5 Å². The molecule has 1 rings (SSSR count). The number of cyclic esters (lactones) is 1. The van der Waals surface area contributed by atoms with Gasteiger partial charge in [-0.05, 0) is 19.3 Å². The number of rotatable bonds is 2. The summed E-state index contributed by atoms with van der Waals surface area (Å²) in [5, 5.41) is 19.5. The predicted molar refractivity (Wildman–Crippen MR) is 59.8 cm³/mol. The average molecular weight is 228 g/mol. The minimum absolute atomic E-state index is 0.292. The van der Waals surface area contributed by atoms with Crippen LogP contribution in [0.2, 0.25) is 0 Å². The second-order valence-corrected chi connectivity index (χ2v) is 4.12. The number of aliphatic hydroxyl groups is 2. The molecule has 1 heterocycles. The van der Waals surface area contributed by atoms with Crippen LogP contribution in [0.15, 0.2) is 12.2 Å². The van der Waals surface area contributed by atoms with Crippen LogP contribution in [0, 0.1) is 0 Å². The highest BCUT2D eigenvalue weighted by Crippen LogP contribution is 2.15. The van der Waals surface area contributed by atoms with E-state index in [4.69, 9.17) is 4.74 Å². The van der Waals surface area contributed by atoms with Gasteiger partial charge >= 0.3 is 5.97 Å². The third-order valence-corrected chi connectivity index (χ3v) is 2.67. The van der Waals surface area contributed by atoms with Crippen LogP contribution in [0.25, 0.3) is 0 Å². The van der Waals surface area contributed by atoms with Crippen molar-refractivity contribution in [2.45, 2.75) is 57.3 Å². The van der Waals surface area contributed by atoms with Crippen LogP contribution in [0.1, 0.15) is 39.0 Å². The summed E-state index contributed by atoms with van der Waals surface area (Å²) in [6.07, 6.45) is 3.96. The van der Waals surface area contributed by atoms with E-state index in [9.17, 15) is 15.0 Å². The molecule has 16 heavy (non-hydrogen) atoms. The van der Waals surface area contributed by atoms with Crippen molar-refractivity contribution >= 4 is 5.97 Å². The first-order chi connectivity index (χ1) is 7.65. The number of hydrogen-bond donors (Lipinski definition) is 2. The van der Waals surface area contributed by atoms with Crippen molar-refractivity contribution in [1.82, 2.24) is 0 Å². The molecule has 3 atom stereocenters. The molecule has 4 heteroatoms. The van der Waals surface area contributed by atoms with E-state index in [1.54, 1.807) is 12.2 Å². The largest absolute Gasteiger partial charge is 0.459 e. The van der Waals surface area contributed by atoms with E-state index < -0.39 is 18.3 Å². The summed E-state index contributed by atoms with van der Waals surface area (Å²) in [6.45, 7) is 1.95. The average Bonchev–Trinajstić information content (AvgIpc) is 2.26. The normalized spacial score (nSPS) is 32.2. The smallest absolute Gasteiger partial charge is 0.306 e. The molecule has 0 saturated heterocycles.